The molecule has 1 aromatic carbocycles. The molecule has 130 valence electrons. The molecule has 3 N–H and O–H groups in total. The van der Waals surface area contributed by atoms with Crippen LogP contribution in [0.4, 0.5) is 0 Å². The van der Waals surface area contributed by atoms with Crippen molar-refractivity contribution in [3.05, 3.63) is 41.4 Å². The summed E-state index contributed by atoms with van der Waals surface area (Å²) < 4.78 is 5.38. The zero-order chi connectivity index (χ0) is 17.5. The number of aliphatic carboxylic acids is 1. The van der Waals surface area contributed by atoms with Crippen LogP contribution in [-0.2, 0) is 16.0 Å². The highest BCUT2D eigenvalue weighted by Crippen LogP contribution is 2.26. The van der Waals surface area contributed by atoms with E-state index in [0.29, 0.717) is 22.9 Å². The van der Waals surface area contributed by atoms with E-state index in [1.807, 2.05) is 0 Å². The second kappa shape index (κ2) is 8.70. The predicted octanol–water partition coefficient (Wildman–Crippen LogP) is 1.77. The van der Waals surface area contributed by atoms with E-state index in [-0.39, 0.29) is 18.4 Å². The van der Waals surface area contributed by atoms with Crippen LogP contribution < -0.4 is 15.4 Å². The van der Waals surface area contributed by atoms with Gasteiger partial charge in [0.2, 0.25) is 5.91 Å². The number of carboxylic acids is 1. The SMILES string of the molecule is C=CCOc1ccc(C[C@H](NC(=O)[C@@H]2CCCN2)C(=O)O)cc1Cl. The lowest BCUT2D eigenvalue weighted by atomic mass is 10.0. The molecule has 1 aromatic rings. The maximum atomic E-state index is 12.1. The molecule has 1 amide bonds. The van der Waals surface area contributed by atoms with Gasteiger partial charge in [-0.3, -0.25) is 4.79 Å². The Labute approximate surface area is 145 Å². The van der Waals surface area contributed by atoms with Crippen LogP contribution in [0.2, 0.25) is 5.02 Å². The summed E-state index contributed by atoms with van der Waals surface area (Å²) in [7, 11) is 0. The third-order valence-corrected chi connectivity index (χ3v) is 4.08. The summed E-state index contributed by atoms with van der Waals surface area (Å²) >= 11 is 6.13. The van der Waals surface area contributed by atoms with Gasteiger partial charge in [-0.1, -0.05) is 30.3 Å². The monoisotopic (exact) mass is 352 g/mol. The summed E-state index contributed by atoms with van der Waals surface area (Å²) in [6, 6.07) is 3.75. The molecule has 0 saturated carbocycles. The summed E-state index contributed by atoms with van der Waals surface area (Å²) in [5.74, 6) is -0.854. The average molecular weight is 353 g/mol. The topological polar surface area (TPSA) is 87.7 Å². The third kappa shape index (κ3) is 4.97. The number of rotatable bonds is 8. The fourth-order valence-electron chi connectivity index (χ4n) is 2.55. The quantitative estimate of drug-likeness (QED) is 0.621. The Morgan fingerprint density at radius 2 is 2.33 bits per heavy atom. The number of amides is 1. The summed E-state index contributed by atoms with van der Waals surface area (Å²) in [6.07, 6.45) is 3.39. The van der Waals surface area contributed by atoms with Crippen LogP contribution in [0.15, 0.2) is 30.9 Å². The van der Waals surface area contributed by atoms with Crippen LogP contribution in [0.5, 0.6) is 5.75 Å². The number of benzene rings is 1. The number of hydrogen-bond donors (Lipinski definition) is 3. The van der Waals surface area contributed by atoms with Gasteiger partial charge in [0.05, 0.1) is 11.1 Å². The Kier molecular flexibility index (Phi) is 6.63. The number of ether oxygens (including phenoxy) is 1. The molecular formula is C17H21ClN2O4. The normalized spacial score (nSPS) is 18.0. The van der Waals surface area contributed by atoms with Crippen molar-refractivity contribution in [2.24, 2.45) is 0 Å². The minimum absolute atomic E-state index is 0.148. The molecule has 0 aromatic heterocycles. The molecule has 24 heavy (non-hydrogen) atoms. The predicted molar refractivity (Wildman–Crippen MR) is 91.4 cm³/mol. The number of halogens is 1. The molecule has 2 atom stereocenters. The fraction of sp³-hybridized carbons (Fsp3) is 0.412. The second-order valence-electron chi connectivity index (χ2n) is 5.62. The van der Waals surface area contributed by atoms with Crippen molar-refractivity contribution in [3.8, 4) is 5.75 Å². The lowest BCUT2D eigenvalue weighted by Gasteiger charge is -2.18. The first-order valence-corrected chi connectivity index (χ1v) is 8.17. The van der Waals surface area contributed by atoms with E-state index in [1.165, 1.54) is 0 Å². The van der Waals surface area contributed by atoms with Gasteiger partial charge in [0, 0.05) is 6.42 Å². The highest BCUT2D eigenvalue weighted by atomic mass is 35.5. The van der Waals surface area contributed by atoms with Crippen molar-refractivity contribution < 1.29 is 19.4 Å². The summed E-state index contributed by atoms with van der Waals surface area (Å²) in [4.78, 5) is 23.5. The highest BCUT2D eigenvalue weighted by molar-refractivity contribution is 6.32. The average Bonchev–Trinajstić information content (AvgIpc) is 3.08. The fourth-order valence-corrected chi connectivity index (χ4v) is 2.81. The largest absolute Gasteiger partial charge is 0.488 e. The number of carboxylic acid groups (broad SMARTS) is 1. The molecule has 1 heterocycles. The number of hydrogen-bond acceptors (Lipinski definition) is 4. The van der Waals surface area contributed by atoms with Gasteiger partial charge in [0.25, 0.3) is 0 Å². The number of carbonyl (C=O) groups is 2. The van der Waals surface area contributed by atoms with Crippen molar-refractivity contribution in [2.45, 2.75) is 31.3 Å². The molecule has 1 aliphatic heterocycles. The molecule has 1 aliphatic rings. The molecule has 0 bridgehead atoms. The third-order valence-electron chi connectivity index (χ3n) is 3.78. The molecule has 1 fully saturated rings. The molecule has 0 aliphatic carbocycles. The van der Waals surface area contributed by atoms with Crippen molar-refractivity contribution in [2.75, 3.05) is 13.2 Å². The molecule has 0 radical (unpaired) electrons. The Hall–Kier alpha value is -2.05. The van der Waals surface area contributed by atoms with Gasteiger partial charge < -0.3 is 20.5 Å². The lowest BCUT2D eigenvalue weighted by molar-refractivity contribution is -0.142. The highest BCUT2D eigenvalue weighted by Gasteiger charge is 2.27. The zero-order valence-corrected chi connectivity index (χ0v) is 14.0. The smallest absolute Gasteiger partial charge is 0.326 e. The Morgan fingerprint density at radius 3 is 2.92 bits per heavy atom. The lowest BCUT2D eigenvalue weighted by Crippen LogP contribution is -2.49. The van der Waals surface area contributed by atoms with Crippen molar-refractivity contribution in [3.63, 3.8) is 0 Å². The maximum Gasteiger partial charge on any atom is 0.326 e. The van der Waals surface area contributed by atoms with Gasteiger partial charge >= 0.3 is 5.97 Å². The minimum atomic E-state index is -1.08. The van der Waals surface area contributed by atoms with Gasteiger partial charge in [0.15, 0.2) is 0 Å². The van der Waals surface area contributed by atoms with E-state index in [4.69, 9.17) is 16.3 Å². The molecule has 2 rings (SSSR count). The van der Waals surface area contributed by atoms with E-state index < -0.39 is 12.0 Å². The van der Waals surface area contributed by atoms with Gasteiger partial charge in [0.1, 0.15) is 18.4 Å². The maximum absolute atomic E-state index is 12.1. The number of nitrogens with one attached hydrogen (secondary N) is 2. The first kappa shape index (κ1) is 18.3. The van der Waals surface area contributed by atoms with Crippen LogP contribution in [-0.4, -0.2) is 42.2 Å². The Morgan fingerprint density at radius 1 is 1.54 bits per heavy atom. The first-order valence-electron chi connectivity index (χ1n) is 7.80. The van der Waals surface area contributed by atoms with Crippen LogP contribution in [0, 0.1) is 0 Å². The second-order valence-corrected chi connectivity index (χ2v) is 6.02. The van der Waals surface area contributed by atoms with Crippen molar-refractivity contribution in [1.82, 2.24) is 10.6 Å². The minimum Gasteiger partial charge on any atom is -0.488 e. The Balaban J connectivity index is 2.01. The molecule has 0 unspecified atom stereocenters. The summed E-state index contributed by atoms with van der Waals surface area (Å²) in [6.45, 7) is 4.67. The van der Waals surface area contributed by atoms with Gasteiger partial charge in [-0.15, -0.1) is 0 Å². The summed E-state index contributed by atoms with van der Waals surface area (Å²) in [5.41, 5.74) is 0.707. The first-order chi connectivity index (χ1) is 11.5. The molecule has 0 spiro atoms. The van der Waals surface area contributed by atoms with E-state index in [1.54, 1.807) is 24.3 Å². The van der Waals surface area contributed by atoms with Crippen LogP contribution in [0.3, 0.4) is 0 Å². The van der Waals surface area contributed by atoms with E-state index >= 15 is 0 Å². The number of carbonyl (C=O) groups excluding carboxylic acids is 1. The van der Waals surface area contributed by atoms with Crippen LogP contribution >= 0.6 is 11.6 Å². The van der Waals surface area contributed by atoms with E-state index in [9.17, 15) is 14.7 Å². The van der Waals surface area contributed by atoms with Crippen LogP contribution in [0.1, 0.15) is 18.4 Å². The molecular weight excluding hydrogens is 332 g/mol. The molecule has 6 nitrogen and oxygen atoms in total. The van der Waals surface area contributed by atoms with E-state index in [2.05, 4.69) is 17.2 Å². The molecule has 7 heteroatoms. The van der Waals surface area contributed by atoms with Gasteiger partial charge in [-0.25, -0.2) is 4.79 Å². The summed E-state index contributed by atoms with van der Waals surface area (Å²) in [5, 5.41) is 15.4. The zero-order valence-electron chi connectivity index (χ0n) is 13.3. The standard InChI is InChI=1S/C17H21ClN2O4/c1-2-8-24-15-6-5-11(9-12(15)18)10-14(17(22)23)20-16(21)13-4-3-7-19-13/h2,5-6,9,13-14,19H,1,3-4,7-8,10H2,(H,20,21)(H,22,23)/t13-,14-/m0/s1. The van der Waals surface area contributed by atoms with Gasteiger partial charge in [-0.05, 0) is 37.1 Å². The van der Waals surface area contributed by atoms with Crippen molar-refractivity contribution in [1.29, 1.82) is 0 Å². The van der Waals surface area contributed by atoms with Crippen molar-refractivity contribution >= 4 is 23.5 Å². The Bertz CT molecular complexity index is 615. The molecule has 1 saturated heterocycles. The van der Waals surface area contributed by atoms with Crippen LogP contribution in [0.25, 0.3) is 0 Å². The van der Waals surface area contributed by atoms with E-state index in [0.717, 1.165) is 19.4 Å². The van der Waals surface area contributed by atoms with Gasteiger partial charge in [-0.2, -0.15) is 0 Å².